The lowest BCUT2D eigenvalue weighted by Gasteiger charge is -2.27. The second-order valence-corrected chi connectivity index (χ2v) is 5.58. The number of halogens is 1. The molecule has 0 aliphatic heterocycles. The summed E-state index contributed by atoms with van der Waals surface area (Å²) >= 11 is 3.47. The molecule has 4 heteroatoms. The summed E-state index contributed by atoms with van der Waals surface area (Å²) in [4.78, 5) is 10.9. The molecule has 0 saturated heterocycles. The van der Waals surface area contributed by atoms with E-state index in [1.165, 1.54) is 0 Å². The fourth-order valence-electron chi connectivity index (χ4n) is 2.02. The summed E-state index contributed by atoms with van der Waals surface area (Å²) in [7, 11) is 1.61. The number of carbonyl (C=O) groups is 1. The molecule has 1 aromatic carbocycles. The lowest BCUT2D eigenvalue weighted by molar-refractivity contribution is -0.138. The summed E-state index contributed by atoms with van der Waals surface area (Å²) in [5.74, 6) is -0.0592. The van der Waals surface area contributed by atoms with E-state index in [1.807, 2.05) is 32.9 Å². The average molecular weight is 301 g/mol. The quantitative estimate of drug-likeness (QED) is 0.925. The molecule has 0 aliphatic carbocycles. The van der Waals surface area contributed by atoms with Crippen LogP contribution in [0.4, 0.5) is 0 Å². The molecule has 0 aromatic heterocycles. The smallest absolute Gasteiger partial charge is 0.304 e. The monoisotopic (exact) mass is 300 g/mol. The summed E-state index contributed by atoms with van der Waals surface area (Å²) in [6.07, 6.45) is 0.0609. The molecule has 0 heterocycles. The van der Waals surface area contributed by atoms with Gasteiger partial charge in [-0.15, -0.1) is 0 Å². The van der Waals surface area contributed by atoms with E-state index in [2.05, 4.69) is 15.9 Å². The van der Waals surface area contributed by atoms with Crippen LogP contribution in [0.25, 0.3) is 0 Å². The van der Waals surface area contributed by atoms with Gasteiger partial charge in [-0.1, -0.05) is 35.8 Å². The number of benzene rings is 1. The predicted molar refractivity (Wildman–Crippen MR) is 70.7 cm³/mol. The van der Waals surface area contributed by atoms with Crippen LogP contribution in [0.1, 0.15) is 31.4 Å². The Bertz CT molecular complexity index is 439. The maximum atomic E-state index is 10.9. The summed E-state index contributed by atoms with van der Waals surface area (Å²) in [5.41, 5.74) is 1.42. The third-order valence-corrected chi connectivity index (χ3v) is 3.44. The first-order valence-electron chi connectivity index (χ1n) is 5.35. The number of ether oxygens (including phenoxy) is 1. The van der Waals surface area contributed by atoms with Gasteiger partial charge in [0, 0.05) is 15.5 Å². The van der Waals surface area contributed by atoms with Crippen LogP contribution in [0, 0.1) is 6.92 Å². The second kappa shape index (κ2) is 5.08. The Morgan fingerprint density at radius 2 is 2.06 bits per heavy atom. The topological polar surface area (TPSA) is 46.5 Å². The number of methoxy groups -OCH3 is 1. The van der Waals surface area contributed by atoms with Crippen molar-refractivity contribution in [2.75, 3.05) is 7.11 Å². The number of carboxylic acid groups (broad SMARTS) is 1. The molecule has 0 fully saturated rings. The van der Waals surface area contributed by atoms with Crippen LogP contribution in [-0.4, -0.2) is 18.2 Å². The van der Waals surface area contributed by atoms with E-state index in [9.17, 15) is 4.79 Å². The van der Waals surface area contributed by atoms with Crippen molar-refractivity contribution in [1.82, 2.24) is 0 Å². The molecule has 1 aromatic rings. The average Bonchev–Trinajstić information content (AvgIpc) is 2.18. The molecule has 1 N–H and O–H groups in total. The molecular weight excluding hydrogens is 284 g/mol. The van der Waals surface area contributed by atoms with Crippen molar-refractivity contribution in [2.24, 2.45) is 0 Å². The molecule has 94 valence electrons. The molecule has 0 saturated carbocycles. The third kappa shape index (κ3) is 3.00. The van der Waals surface area contributed by atoms with Gasteiger partial charge >= 0.3 is 5.97 Å². The zero-order chi connectivity index (χ0) is 13.2. The highest BCUT2D eigenvalue weighted by Crippen LogP contribution is 2.41. The van der Waals surface area contributed by atoms with Crippen LogP contribution in [0.15, 0.2) is 16.6 Å². The largest absolute Gasteiger partial charge is 0.496 e. The fourth-order valence-corrected chi connectivity index (χ4v) is 2.87. The molecule has 0 atom stereocenters. The van der Waals surface area contributed by atoms with Gasteiger partial charge in [0.05, 0.1) is 13.5 Å². The Hall–Kier alpha value is -1.03. The Labute approximate surface area is 110 Å². The highest BCUT2D eigenvalue weighted by atomic mass is 79.9. The van der Waals surface area contributed by atoms with Gasteiger partial charge < -0.3 is 9.84 Å². The lowest BCUT2D eigenvalue weighted by Crippen LogP contribution is -2.23. The molecule has 0 bridgehead atoms. The van der Waals surface area contributed by atoms with E-state index < -0.39 is 11.4 Å². The van der Waals surface area contributed by atoms with Crippen molar-refractivity contribution < 1.29 is 14.6 Å². The fraction of sp³-hybridized carbons (Fsp3) is 0.462. The standard InChI is InChI=1S/C13H17BrO3/c1-8-5-6-9(14)11(12(8)17-4)13(2,3)7-10(15)16/h5-6H,7H2,1-4H3,(H,15,16). The van der Waals surface area contributed by atoms with Gasteiger partial charge in [0.1, 0.15) is 5.75 Å². The van der Waals surface area contributed by atoms with Crippen LogP contribution >= 0.6 is 15.9 Å². The number of hydrogen-bond donors (Lipinski definition) is 1. The van der Waals surface area contributed by atoms with E-state index in [-0.39, 0.29) is 6.42 Å². The van der Waals surface area contributed by atoms with E-state index >= 15 is 0 Å². The minimum Gasteiger partial charge on any atom is -0.496 e. The van der Waals surface area contributed by atoms with Gasteiger partial charge in [0.15, 0.2) is 0 Å². The highest BCUT2D eigenvalue weighted by molar-refractivity contribution is 9.10. The zero-order valence-corrected chi connectivity index (χ0v) is 12.1. The van der Waals surface area contributed by atoms with Gasteiger partial charge in [0.2, 0.25) is 0 Å². The SMILES string of the molecule is COc1c(C)ccc(Br)c1C(C)(C)CC(=O)O. The van der Waals surface area contributed by atoms with Crippen molar-refractivity contribution in [3.8, 4) is 5.75 Å². The molecular formula is C13H17BrO3. The number of aliphatic carboxylic acids is 1. The summed E-state index contributed by atoms with van der Waals surface area (Å²) in [6, 6.07) is 3.88. The van der Waals surface area contributed by atoms with E-state index in [0.717, 1.165) is 21.3 Å². The molecule has 0 amide bonds. The number of hydrogen-bond acceptors (Lipinski definition) is 2. The van der Waals surface area contributed by atoms with Crippen LogP contribution in [-0.2, 0) is 10.2 Å². The maximum Gasteiger partial charge on any atom is 0.304 e. The Balaban J connectivity index is 3.38. The first-order valence-corrected chi connectivity index (χ1v) is 6.14. The summed E-state index contributed by atoms with van der Waals surface area (Å²) in [6.45, 7) is 5.76. The molecule has 3 nitrogen and oxygen atoms in total. The molecule has 17 heavy (non-hydrogen) atoms. The van der Waals surface area contributed by atoms with Crippen molar-refractivity contribution in [3.05, 3.63) is 27.7 Å². The first-order chi connectivity index (χ1) is 7.79. The number of aryl methyl sites for hydroxylation is 1. The first kappa shape index (κ1) is 14.0. The van der Waals surface area contributed by atoms with Crippen molar-refractivity contribution in [3.63, 3.8) is 0 Å². The van der Waals surface area contributed by atoms with Crippen molar-refractivity contribution in [2.45, 2.75) is 32.6 Å². The van der Waals surface area contributed by atoms with Crippen LogP contribution in [0.3, 0.4) is 0 Å². The Morgan fingerprint density at radius 1 is 1.47 bits per heavy atom. The lowest BCUT2D eigenvalue weighted by atomic mass is 9.80. The highest BCUT2D eigenvalue weighted by Gasteiger charge is 2.30. The van der Waals surface area contributed by atoms with E-state index in [1.54, 1.807) is 7.11 Å². The molecule has 0 aliphatic rings. The minimum absolute atomic E-state index is 0.0609. The van der Waals surface area contributed by atoms with Gasteiger partial charge in [-0.05, 0) is 18.6 Å². The van der Waals surface area contributed by atoms with Gasteiger partial charge in [0.25, 0.3) is 0 Å². The molecule has 0 radical (unpaired) electrons. The predicted octanol–water partition coefficient (Wildman–Crippen LogP) is 3.52. The third-order valence-electron chi connectivity index (χ3n) is 2.78. The maximum absolute atomic E-state index is 10.9. The summed E-state index contributed by atoms with van der Waals surface area (Å²) < 4.78 is 6.28. The van der Waals surface area contributed by atoms with Crippen LogP contribution in [0.5, 0.6) is 5.75 Å². The van der Waals surface area contributed by atoms with Crippen molar-refractivity contribution >= 4 is 21.9 Å². The number of rotatable bonds is 4. The van der Waals surface area contributed by atoms with Crippen LogP contribution in [0.2, 0.25) is 0 Å². The summed E-state index contributed by atoms with van der Waals surface area (Å²) in [5, 5.41) is 8.98. The van der Waals surface area contributed by atoms with E-state index in [4.69, 9.17) is 9.84 Å². The molecule has 1 rings (SSSR count). The minimum atomic E-state index is -0.814. The van der Waals surface area contributed by atoms with Crippen LogP contribution < -0.4 is 4.74 Å². The molecule has 0 unspecified atom stereocenters. The second-order valence-electron chi connectivity index (χ2n) is 4.73. The van der Waals surface area contributed by atoms with Gasteiger partial charge in [-0.3, -0.25) is 4.79 Å². The molecule has 0 spiro atoms. The van der Waals surface area contributed by atoms with Gasteiger partial charge in [-0.25, -0.2) is 0 Å². The Kier molecular flexibility index (Phi) is 4.20. The van der Waals surface area contributed by atoms with Crippen molar-refractivity contribution in [1.29, 1.82) is 0 Å². The normalized spacial score (nSPS) is 11.4. The Morgan fingerprint density at radius 3 is 2.53 bits per heavy atom. The van der Waals surface area contributed by atoms with Gasteiger partial charge in [-0.2, -0.15) is 0 Å². The number of carboxylic acids is 1. The zero-order valence-electron chi connectivity index (χ0n) is 10.5. The van der Waals surface area contributed by atoms with E-state index in [0.29, 0.717) is 0 Å².